The average Bonchev–Trinajstić information content (AvgIpc) is 2.61. The molecule has 0 aliphatic rings. The van der Waals surface area contributed by atoms with Crippen LogP contribution < -0.4 is 0 Å². The fourth-order valence-electron chi connectivity index (χ4n) is 1.89. The highest BCUT2D eigenvalue weighted by atomic mass is 14.9. The van der Waals surface area contributed by atoms with E-state index in [1.54, 1.807) is 12.4 Å². The molecule has 2 aromatic carbocycles. The molecule has 1 heterocycles. The molecule has 0 bridgehead atoms. The highest BCUT2D eigenvalue weighted by Crippen LogP contribution is 2.07. The van der Waals surface area contributed by atoms with E-state index in [-0.39, 0.29) is 0 Å². The van der Waals surface area contributed by atoms with Crippen LogP contribution in [0, 0.1) is 11.8 Å². The van der Waals surface area contributed by atoms with Crippen molar-refractivity contribution in [1.82, 2.24) is 4.98 Å². The van der Waals surface area contributed by atoms with Crippen molar-refractivity contribution >= 4 is 12.0 Å². The molecule has 22 heavy (non-hydrogen) atoms. The van der Waals surface area contributed by atoms with Crippen LogP contribution in [0.15, 0.2) is 84.0 Å². The van der Waals surface area contributed by atoms with Gasteiger partial charge in [-0.25, -0.2) is 9.98 Å². The molecule has 0 radical (unpaired) electrons. The van der Waals surface area contributed by atoms with E-state index >= 15 is 0 Å². The Morgan fingerprint density at radius 3 is 2.09 bits per heavy atom. The van der Waals surface area contributed by atoms with Gasteiger partial charge in [0.2, 0.25) is 0 Å². The molecule has 0 aliphatic carbocycles. The van der Waals surface area contributed by atoms with Gasteiger partial charge in [-0.05, 0) is 42.0 Å². The van der Waals surface area contributed by atoms with Crippen LogP contribution in [0.2, 0.25) is 0 Å². The number of aromatic nitrogens is 1. The van der Waals surface area contributed by atoms with Gasteiger partial charge in [-0.2, -0.15) is 0 Å². The number of rotatable bonds is 2. The molecule has 0 unspecified atom stereocenters. The van der Waals surface area contributed by atoms with Gasteiger partial charge in [-0.1, -0.05) is 48.2 Å². The third-order valence-electron chi connectivity index (χ3n) is 3.03. The summed E-state index contributed by atoms with van der Waals surface area (Å²) >= 11 is 0. The van der Waals surface area contributed by atoms with Crippen molar-refractivity contribution in [3.63, 3.8) is 0 Å². The highest BCUT2D eigenvalue weighted by molar-refractivity contribution is 5.81. The third kappa shape index (κ3) is 3.91. The normalized spacial score (nSPS) is 10.2. The molecule has 0 spiro atoms. The van der Waals surface area contributed by atoms with Gasteiger partial charge in [0, 0.05) is 23.5 Å². The molecule has 3 rings (SSSR count). The molecule has 0 amide bonds. The highest BCUT2D eigenvalue weighted by Gasteiger charge is 1.91. The van der Waals surface area contributed by atoms with Crippen molar-refractivity contribution < 1.29 is 0 Å². The van der Waals surface area contributed by atoms with Gasteiger partial charge >= 0.3 is 0 Å². The Morgan fingerprint density at radius 1 is 0.727 bits per heavy atom. The van der Waals surface area contributed by atoms with Gasteiger partial charge in [0.05, 0.1) is 0 Å². The van der Waals surface area contributed by atoms with Gasteiger partial charge in [-0.15, -0.1) is 0 Å². The molecule has 0 N–H and O–H groups in total. The molecule has 0 saturated heterocycles. The Bertz CT molecular complexity index is 808. The van der Waals surface area contributed by atoms with Crippen LogP contribution in [0.5, 0.6) is 0 Å². The fourth-order valence-corrected chi connectivity index (χ4v) is 1.89. The van der Waals surface area contributed by atoms with Gasteiger partial charge in [0.25, 0.3) is 0 Å². The summed E-state index contributed by atoms with van der Waals surface area (Å²) in [7, 11) is 0. The van der Waals surface area contributed by atoms with Crippen molar-refractivity contribution in [1.29, 1.82) is 0 Å². The molecule has 3 aromatic rings. The quantitative estimate of drug-likeness (QED) is 0.510. The Morgan fingerprint density at radius 2 is 1.41 bits per heavy atom. The van der Waals surface area contributed by atoms with E-state index in [4.69, 9.17) is 0 Å². The third-order valence-corrected chi connectivity index (χ3v) is 3.03. The lowest BCUT2D eigenvalue weighted by atomic mass is 10.1. The molecule has 2 nitrogen and oxygen atoms in total. The molecule has 0 saturated carbocycles. The van der Waals surface area contributed by atoms with Crippen LogP contribution >= 0.6 is 0 Å². The van der Waals surface area contributed by atoms with Gasteiger partial charge in [0.15, 0.2) is 5.82 Å². The number of pyridine rings is 1. The first-order valence-corrected chi connectivity index (χ1v) is 7.02. The van der Waals surface area contributed by atoms with Crippen LogP contribution in [0.1, 0.15) is 16.7 Å². The van der Waals surface area contributed by atoms with Crippen molar-refractivity contribution in [2.24, 2.45) is 4.99 Å². The molecule has 0 aliphatic heterocycles. The lowest BCUT2D eigenvalue weighted by molar-refractivity contribution is 1.28. The summed E-state index contributed by atoms with van der Waals surface area (Å²) in [4.78, 5) is 8.48. The van der Waals surface area contributed by atoms with E-state index in [2.05, 4.69) is 21.8 Å². The summed E-state index contributed by atoms with van der Waals surface area (Å²) < 4.78 is 0. The molecule has 1 aromatic heterocycles. The standard InChI is InChI=1S/C20H14N2/c1-2-6-17(7-3-1)9-10-18-11-13-19(14-12-18)16-22-20-8-4-5-15-21-20/h1-8,11-16H. The second-order valence-electron chi connectivity index (χ2n) is 4.68. The Hall–Kier alpha value is -3.18. The second kappa shape index (κ2) is 7.01. The predicted molar refractivity (Wildman–Crippen MR) is 90.4 cm³/mol. The SMILES string of the molecule is C(#Cc1ccc(C=Nc2ccccn2)cc1)c1ccccc1. The maximum atomic E-state index is 4.33. The largest absolute Gasteiger partial charge is 0.237 e. The Balaban J connectivity index is 1.71. The molecule has 0 atom stereocenters. The van der Waals surface area contributed by atoms with Gasteiger partial charge < -0.3 is 0 Å². The summed E-state index contributed by atoms with van der Waals surface area (Å²) in [5.41, 5.74) is 3.03. The maximum absolute atomic E-state index is 4.33. The first kappa shape index (κ1) is 13.8. The molecule has 0 fully saturated rings. The summed E-state index contributed by atoms with van der Waals surface area (Å²) in [6.45, 7) is 0. The first-order valence-electron chi connectivity index (χ1n) is 7.02. The fraction of sp³-hybridized carbons (Fsp3) is 0. The van der Waals surface area contributed by atoms with Gasteiger partial charge in [-0.3, -0.25) is 0 Å². The zero-order chi connectivity index (χ0) is 15.0. The Labute approximate surface area is 130 Å². The first-order chi connectivity index (χ1) is 10.9. The maximum Gasteiger partial charge on any atom is 0.151 e. The van der Waals surface area contributed by atoms with Crippen LogP contribution in [-0.4, -0.2) is 11.2 Å². The summed E-state index contributed by atoms with van der Waals surface area (Å²) in [6, 6.07) is 23.6. The van der Waals surface area contributed by atoms with Crippen molar-refractivity contribution in [3.8, 4) is 11.8 Å². The van der Waals surface area contributed by atoms with Crippen LogP contribution in [-0.2, 0) is 0 Å². The molecule has 104 valence electrons. The van der Waals surface area contributed by atoms with E-state index in [0.29, 0.717) is 5.82 Å². The predicted octanol–water partition coefficient (Wildman–Crippen LogP) is 4.23. The van der Waals surface area contributed by atoms with Crippen molar-refractivity contribution in [2.45, 2.75) is 0 Å². The lowest BCUT2D eigenvalue weighted by Gasteiger charge is -1.94. The van der Waals surface area contributed by atoms with Crippen LogP contribution in [0.25, 0.3) is 0 Å². The van der Waals surface area contributed by atoms with E-state index in [1.807, 2.05) is 72.8 Å². The number of benzene rings is 2. The minimum atomic E-state index is 0.704. The number of aliphatic imine (C=N–C) groups is 1. The van der Waals surface area contributed by atoms with E-state index < -0.39 is 0 Å². The number of hydrogen-bond acceptors (Lipinski definition) is 2. The molecule has 2 heteroatoms. The second-order valence-corrected chi connectivity index (χ2v) is 4.68. The number of hydrogen-bond donors (Lipinski definition) is 0. The topological polar surface area (TPSA) is 25.2 Å². The number of nitrogens with zero attached hydrogens (tertiary/aromatic N) is 2. The average molecular weight is 282 g/mol. The van der Waals surface area contributed by atoms with Crippen molar-refractivity contribution in [3.05, 3.63) is 95.7 Å². The smallest absolute Gasteiger partial charge is 0.151 e. The van der Waals surface area contributed by atoms with Crippen molar-refractivity contribution in [2.75, 3.05) is 0 Å². The van der Waals surface area contributed by atoms with E-state index in [1.165, 1.54) is 0 Å². The molecular weight excluding hydrogens is 268 g/mol. The van der Waals surface area contributed by atoms with Crippen LogP contribution in [0.4, 0.5) is 5.82 Å². The minimum absolute atomic E-state index is 0.704. The zero-order valence-corrected chi connectivity index (χ0v) is 12.0. The summed E-state index contributed by atoms with van der Waals surface area (Å²) in [5, 5.41) is 0. The summed E-state index contributed by atoms with van der Waals surface area (Å²) in [6.07, 6.45) is 3.53. The van der Waals surface area contributed by atoms with Crippen LogP contribution in [0.3, 0.4) is 0 Å². The Kier molecular flexibility index (Phi) is 4.39. The monoisotopic (exact) mass is 282 g/mol. The lowest BCUT2D eigenvalue weighted by Crippen LogP contribution is -1.82. The molecular formula is C20H14N2. The van der Waals surface area contributed by atoms with E-state index in [0.717, 1.165) is 16.7 Å². The summed E-state index contributed by atoms with van der Waals surface area (Å²) in [5.74, 6) is 7.00. The van der Waals surface area contributed by atoms with Gasteiger partial charge in [0.1, 0.15) is 0 Å². The zero-order valence-electron chi connectivity index (χ0n) is 12.0. The van der Waals surface area contributed by atoms with E-state index in [9.17, 15) is 0 Å². The minimum Gasteiger partial charge on any atom is -0.237 e.